The summed E-state index contributed by atoms with van der Waals surface area (Å²) in [7, 11) is 3.86. The molecule has 1 fully saturated rings. The Bertz CT molecular complexity index is 444. The van der Waals surface area contributed by atoms with E-state index in [1.807, 2.05) is 4.90 Å². The van der Waals surface area contributed by atoms with E-state index < -0.39 is 0 Å². The quantitative estimate of drug-likeness (QED) is 0.858. The first-order valence-corrected chi connectivity index (χ1v) is 6.77. The molecule has 1 saturated heterocycles. The van der Waals surface area contributed by atoms with Crippen molar-refractivity contribution < 1.29 is 4.79 Å². The standard InChI is InChI=1S/C11H19N5OS/c1-11(2)7-16(6-5-15(11)4)9(17)8-13-14-10(12-3)18-8/h5-7H2,1-4H3,(H,12,14). The van der Waals surface area contributed by atoms with Crippen molar-refractivity contribution in [3.8, 4) is 0 Å². The smallest absolute Gasteiger partial charge is 0.285 e. The topological polar surface area (TPSA) is 61.4 Å². The predicted molar refractivity (Wildman–Crippen MR) is 72.1 cm³/mol. The number of hydrogen-bond acceptors (Lipinski definition) is 6. The molecule has 2 heterocycles. The summed E-state index contributed by atoms with van der Waals surface area (Å²) in [6.07, 6.45) is 0. The van der Waals surface area contributed by atoms with Gasteiger partial charge < -0.3 is 10.2 Å². The number of hydrogen-bond donors (Lipinski definition) is 1. The maximum atomic E-state index is 12.3. The van der Waals surface area contributed by atoms with E-state index in [0.29, 0.717) is 10.1 Å². The van der Waals surface area contributed by atoms with Crippen LogP contribution in [0.1, 0.15) is 23.6 Å². The van der Waals surface area contributed by atoms with Crippen LogP contribution in [0.5, 0.6) is 0 Å². The Morgan fingerprint density at radius 3 is 2.67 bits per heavy atom. The van der Waals surface area contributed by atoms with Gasteiger partial charge in [0.05, 0.1) is 0 Å². The van der Waals surface area contributed by atoms with Crippen molar-refractivity contribution in [1.29, 1.82) is 0 Å². The number of likely N-dealkylation sites (N-methyl/N-ethyl adjacent to an activating group) is 1. The van der Waals surface area contributed by atoms with Gasteiger partial charge in [0.25, 0.3) is 5.91 Å². The molecule has 6 nitrogen and oxygen atoms in total. The van der Waals surface area contributed by atoms with Crippen molar-refractivity contribution >= 4 is 22.4 Å². The van der Waals surface area contributed by atoms with Crippen LogP contribution in [0.15, 0.2) is 0 Å². The van der Waals surface area contributed by atoms with Crippen LogP contribution in [0.4, 0.5) is 5.13 Å². The van der Waals surface area contributed by atoms with Gasteiger partial charge in [-0.2, -0.15) is 0 Å². The number of nitrogens with one attached hydrogen (secondary N) is 1. The minimum Gasteiger partial charge on any atom is -0.363 e. The Labute approximate surface area is 111 Å². The summed E-state index contributed by atoms with van der Waals surface area (Å²) in [5.41, 5.74) is 0.00440. The van der Waals surface area contributed by atoms with Gasteiger partial charge in [0.15, 0.2) is 0 Å². The summed E-state index contributed by atoms with van der Waals surface area (Å²) < 4.78 is 0. The van der Waals surface area contributed by atoms with Crippen LogP contribution in [0.2, 0.25) is 0 Å². The van der Waals surface area contributed by atoms with Crippen LogP contribution in [0.25, 0.3) is 0 Å². The Kier molecular flexibility index (Phi) is 3.54. The molecule has 1 aromatic rings. The maximum Gasteiger partial charge on any atom is 0.285 e. The van der Waals surface area contributed by atoms with Gasteiger partial charge in [0.1, 0.15) is 0 Å². The van der Waals surface area contributed by atoms with Crippen LogP contribution in [-0.4, -0.2) is 65.2 Å². The van der Waals surface area contributed by atoms with Gasteiger partial charge in [-0.25, -0.2) is 0 Å². The average molecular weight is 269 g/mol. The number of rotatable bonds is 2. The van der Waals surface area contributed by atoms with Crippen LogP contribution in [0, 0.1) is 0 Å². The van der Waals surface area contributed by atoms with Gasteiger partial charge >= 0.3 is 0 Å². The predicted octanol–water partition coefficient (Wildman–Crippen LogP) is 0.746. The fourth-order valence-corrected chi connectivity index (χ4v) is 2.62. The van der Waals surface area contributed by atoms with Crippen molar-refractivity contribution in [3.05, 3.63) is 5.01 Å². The fourth-order valence-electron chi connectivity index (χ4n) is 1.96. The van der Waals surface area contributed by atoms with E-state index in [-0.39, 0.29) is 11.4 Å². The van der Waals surface area contributed by atoms with E-state index in [4.69, 9.17) is 0 Å². The number of aromatic nitrogens is 2. The first kappa shape index (κ1) is 13.2. The van der Waals surface area contributed by atoms with E-state index in [2.05, 4.69) is 41.3 Å². The van der Waals surface area contributed by atoms with Crippen molar-refractivity contribution in [2.45, 2.75) is 19.4 Å². The SMILES string of the molecule is CNc1nnc(C(=O)N2CCN(C)C(C)(C)C2)s1. The highest BCUT2D eigenvalue weighted by Gasteiger charge is 2.34. The summed E-state index contributed by atoms with van der Waals surface area (Å²) in [6, 6.07) is 0. The molecule has 0 aliphatic carbocycles. The molecule has 1 amide bonds. The Morgan fingerprint density at radius 2 is 2.11 bits per heavy atom. The van der Waals surface area contributed by atoms with Crippen molar-refractivity contribution in [2.75, 3.05) is 39.0 Å². The lowest BCUT2D eigenvalue weighted by atomic mass is 10.00. The van der Waals surface area contributed by atoms with E-state index in [1.165, 1.54) is 11.3 Å². The average Bonchev–Trinajstić information content (AvgIpc) is 2.80. The summed E-state index contributed by atoms with van der Waals surface area (Å²) in [5.74, 6) is -0.0184. The summed E-state index contributed by atoms with van der Waals surface area (Å²) in [6.45, 7) is 6.64. The fraction of sp³-hybridized carbons (Fsp3) is 0.727. The van der Waals surface area contributed by atoms with E-state index in [9.17, 15) is 4.79 Å². The molecule has 0 aromatic carbocycles. The number of carbonyl (C=O) groups excluding carboxylic acids is 1. The first-order chi connectivity index (χ1) is 8.44. The summed E-state index contributed by atoms with van der Waals surface area (Å²) in [5, 5.41) is 11.9. The largest absolute Gasteiger partial charge is 0.363 e. The van der Waals surface area contributed by atoms with Gasteiger partial charge in [0, 0.05) is 32.2 Å². The monoisotopic (exact) mass is 269 g/mol. The number of nitrogens with zero attached hydrogens (tertiary/aromatic N) is 4. The van der Waals surface area contributed by atoms with E-state index in [1.54, 1.807) is 7.05 Å². The van der Waals surface area contributed by atoms with Gasteiger partial charge in [-0.3, -0.25) is 9.69 Å². The molecular weight excluding hydrogens is 250 g/mol. The zero-order valence-corrected chi connectivity index (χ0v) is 12.0. The second-order valence-corrected chi connectivity index (χ2v) is 6.10. The zero-order valence-electron chi connectivity index (χ0n) is 11.2. The lowest BCUT2D eigenvalue weighted by molar-refractivity contribution is 0.0310. The second kappa shape index (κ2) is 4.81. The summed E-state index contributed by atoms with van der Waals surface area (Å²) >= 11 is 1.30. The lowest BCUT2D eigenvalue weighted by Crippen LogP contribution is -2.58. The van der Waals surface area contributed by atoms with E-state index >= 15 is 0 Å². The van der Waals surface area contributed by atoms with Crippen LogP contribution in [0.3, 0.4) is 0 Å². The molecule has 0 radical (unpaired) electrons. The molecule has 7 heteroatoms. The zero-order chi connectivity index (χ0) is 13.3. The normalized spacial score (nSPS) is 19.9. The number of carbonyl (C=O) groups is 1. The lowest BCUT2D eigenvalue weighted by Gasteiger charge is -2.45. The Hall–Kier alpha value is -1.21. The number of piperazine rings is 1. The van der Waals surface area contributed by atoms with Gasteiger partial charge in [-0.05, 0) is 20.9 Å². The summed E-state index contributed by atoms with van der Waals surface area (Å²) in [4.78, 5) is 16.4. The minimum absolute atomic E-state index is 0.00440. The first-order valence-electron chi connectivity index (χ1n) is 5.96. The highest BCUT2D eigenvalue weighted by Crippen LogP contribution is 2.22. The molecular formula is C11H19N5OS. The third kappa shape index (κ3) is 2.46. The molecule has 0 bridgehead atoms. The molecule has 100 valence electrons. The van der Waals surface area contributed by atoms with Gasteiger partial charge in [-0.15, -0.1) is 10.2 Å². The Morgan fingerprint density at radius 1 is 1.39 bits per heavy atom. The third-order valence-corrected chi connectivity index (χ3v) is 4.35. The molecule has 1 aliphatic heterocycles. The minimum atomic E-state index is -0.0184. The molecule has 1 aliphatic rings. The van der Waals surface area contributed by atoms with Crippen LogP contribution >= 0.6 is 11.3 Å². The molecule has 0 saturated carbocycles. The molecule has 1 N–H and O–H groups in total. The maximum absolute atomic E-state index is 12.3. The number of amides is 1. The van der Waals surface area contributed by atoms with Crippen molar-refractivity contribution in [2.24, 2.45) is 0 Å². The molecule has 2 rings (SSSR count). The van der Waals surface area contributed by atoms with Gasteiger partial charge in [-0.1, -0.05) is 11.3 Å². The number of anilines is 1. The molecule has 18 heavy (non-hydrogen) atoms. The van der Waals surface area contributed by atoms with Crippen LogP contribution < -0.4 is 5.32 Å². The van der Waals surface area contributed by atoms with Crippen molar-refractivity contribution in [3.63, 3.8) is 0 Å². The van der Waals surface area contributed by atoms with E-state index in [0.717, 1.165) is 19.6 Å². The highest BCUT2D eigenvalue weighted by molar-refractivity contribution is 7.17. The molecule has 0 unspecified atom stereocenters. The Balaban J connectivity index is 2.10. The molecule has 0 atom stereocenters. The molecule has 1 aromatic heterocycles. The molecule has 0 spiro atoms. The highest BCUT2D eigenvalue weighted by atomic mass is 32.1. The van der Waals surface area contributed by atoms with Gasteiger partial charge in [0.2, 0.25) is 10.1 Å². The van der Waals surface area contributed by atoms with Crippen LogP contribution in [-0.2, 0) is 0 Å². The third-order valence-electron chi connectivity index (χ3n) is 3.43. The van der Waals surface area contributed by atoms with Crippen molar-refractivity contribution in [1.82, 2.24) is 20.0 Å². The second-order valence-electron chi connectivity index (χ2n) is 5.12.